The molecule has 18 heavy (non-hydrogen) atoms. The van der Waals surface area contributed by atoms with Gasteiger partial charge in [-0.3, -0.25) is 4.72 Å². The average molecular weight is 334 g/mol. The van der Waals surface area contributed by atoms with Crippen molar-refractivity contribution in [1.29, 1.82) is 0 Å². The third-order valence-corrected chi connectivity index (χ3v) is 4.72. The number of hydrogen-bond acceptors (Lipinski definition) is 3. The van der Waals surface area contributed by atoms with E-state index in [0.29, 0.717) is 12.3 Å². The predicted octanol–water partition coefficient (Wildman–Crippen LogP) is 2.68. The second-order valence-corrected chi connectivity index (χ2v) is 7.16. The fraction of sp³-hybridized carbons (Fsp3) is 0.500. The predicted molar refractivity (Wildman–Crippen MR) is 75.3 cm³/mol. The van der Waals surface area contributed by atoms with Crippen molar-refractivity contribution >= 4 is 31.6 Å². The summed E-state index contributed by atoms with van der Waals surface area (Å²) in [6.45, 7) is 2.53. The van der Waals surface area contributed by atoms with E-state index in [4.69, 9.17) is 4.74 Å². The number of ether oxygens (including phenoxy) is 1. The Morgan fingerprint density at radius 3 is 2.89 bits per heavy atom. The van der Waals surface area contributed by atoms with E-state index in [0.717, 1.165) is 22.9 Å². The van der Waals surface area contributed by atoms with Crippen molar-refractivity contribution in [2.45, 2.75) is 25.9 Å². The molecule has 0 bridgehead atoms. The van der Waals surface area contributed by atoms with E-state index in [2.05, 4.69) is 20.7 Å². The Morgan fingerprint density at radius 1 is 1.50 bits per heavy atom. The van der Waals surface area contributed by atoms with Gasteiger partial charge in [-0.15, -0.1) is 0 Å². The normalized spacial score (nSPS) is 20.0. The molecule has 1 atom stereocenters. The van der Waals surface area contributed by atoms with E-state index in [1.54, 1.807) is 6.07 Å². The minimum Gasteiger partial charge on any atom is -0.377 e. The van der Waals surface area contributed by atoms with Crippen LogP contribution in [0.5, 0.6) is 0 Å². The summed E-state index contributed by atoms with van der Waals surface area (Å²) in [5.41, 5.74) is 1.51. The molecule has 1 heterocycles. The zero-order valence-corrected chi connectivity index (χ0v) is 12.6. The summed E-state index contributed by atoms with van der Waals surface area (Å²) >= 11 is 3.35. The number of nitrogens with one attached hydrogen (secondary N) is 1. The van der Waals surface area contributed by atoms with Gasteiger partial charge in [0, 0.05) is 11.1 Å². The lowest BCUT2D eigenvalue weighted by Gasteiger charge is -2.13. The van der Waals surface area contributed by atoms with Crippen LogP contribution in [0.3, 0.4) is 0 Å². The Hall–Kier alpha value is -0.590. The first-order valence-electron chi connectivity index (χ1n) is 5.84. The number of anilines is 1. The van der Waals surface area contributed by atoms with Gasteiger partial charge in [-0.1, -0.05) is 15.9 Å². The van der Waals surface area contributed by atoms with E-state index in [-0.39, 0.29) is 11.9 Å². The number of rotatable bonds is 4. The molecular weight excluding hydrogens is 318 g/mol. The summed E-state index contributed by atoms with van der Waals surface area (Å²) in [5, 5.41) is 0. The smallest absolute Gasteiger partial charge is 0.235 e. The van der Waals surface area contributed by atoms with Crippen molar-refractivity contribution < 1.29 is 13.2 Å². The molecule has 1 saturated heterocycles. The monoisotopic (exact) mass is 333 g/mol. The summed E-state index contributed by atoms with van der Waals surface area (Å²) in [4.78, 5) is 0. The van der Waals surface area contributed by atoms with E-state index in [1.165, 1.54) is 0 Å². The minimum absolute atomic E-state index is 0.0303. The summed E-state index contributed by atoms with van der Waals surface area (Å²) in [5.74, 6) is 0.0303. The van der Waals surface area contributed by atoms with Gasteiger partial charge in [0.05, 0.1) is 17.5 Å². The van der Waals surface area contributed by atoms with Gasteiger partial charge < -0.3 is 4.74 Å². The van der Waals surface area contributed by atoms with Gasteiger partial charge in [-0.05, 0) is 43.5 Å². The van der Waals surface area contributed by atoms with Crippen LogP contribution in [-0.4, -0.2) is 26.9 Å². The molecule has 0 amide bonds. The maximum absolute atomic E-state index is 12.0. The molecule has 0 radical (unpaired) electrons. The lowest BCUT2D eigenvalue weighted by Crippen LogP contribution is -2.25. The molecule has 1 aromatic rings. The van der Waals surface area contributed by atoms with Gasteiger partial charge in [-0.25, -0.2) is 8.42 Å². The zero-order chi connectivity index (χ0) is 13.2. The first-order chi connectivity index (χ1) is 8.46. The van der Waals surface area contributed by atoms with Crippen LogP contribution in [0.4, 0.5) is 5.69 Å². The van der Waals surface area contributed by atoms with Crippen LogP contribution >= 0.6 is 15.9 Å². The van der Waals surface area contributed by atoms with Gasteiger partial charge >= 0.3 is 0 Å². The molecule has 1 aliphatic heterocycles. The van der Waals surface area contributed by atoms with E-state index < -0.39 is 10.0 Å². The number of hydrogen-bond donors (Lipinski definition) is 1. The topological polar surface area (TPSA) is 55.4 Å². The third kappa shape index (κ3) is 3.70. The Labute approximate surface area is 116 Å². The van der Waals surface area contributed by atoms with Gasteiger partial charge in [0.15, 0.2) is 0 Å². The Balaban J connectivity index is 2.07. The fourth-order valence-corrected chi connectivity index (χ4v) is 3.85. The zero-order valence-electron chi connectivity index (χ0n) is 10.1. The highest BCUT2D eigenvalue weighted by Crippen LogP contribution is 2.22. The molecule has 0 spiro atoms. The van der Waals surface area contributed by atoms with Gasteiger partial charge in [-0.2, -0.15) is 0 Å². The highest BCUT2D eigenvalue weighted by molar-refractivity contribution is 9.10. The van der Waals surface area contributed by atoms with Crippen LogP contribution in [0, 0.1) is 6.92 Å². The van der Waals surface area contributed by atoms with Crippen molar-refractivity contribution in [3.63, 3.8) is 0 Å². The third-order valence-electron chi connectivity index (χ3n) is 2.88. The second-order valence-electron chi connectivity index (χ2n) is 4.48. The lowest BCUT2D eigenvalue weighted by molar-refractivity contribution is 0.127. The van der Waals surface area contributed by atoms with Crippen molar-refractivity contribution in [3.05, 3.63) is 28.2 Å². The van der Waals surface area contributed by atoms with Crippen LogP contribution in [0.2, 0.25) is 0 Å². The first kappa shape index (κ1) is 13.8. The standard InChI is InChI=1S/C12H16BrNO3S/c1-9-7-10(13)4-5-12(9)14-18(15,16)8-11-3-2-6-17-11/h4-5,7,11,14H,2-3,6,8H2,1H3. The van der Waals surface area contributed by atoms with E-state index in [1.807, 2.05) is 19.1 Å². The molecule has 1 fully saturated rings. The minimum atomic E-state index is -3.34. The van der Waals surface area contributed by atoms with Gasteiger partial charge in [0.1, 0.15) is 0 Å². The molecule has 0 saturated carbocycles. The Kier molecular flexibility index (Phi) is 4.29. The van der Waals surface area contributed by atoms with E-state index >= 15 is 0 Å². The molecule has 6 heteroatoms. The summed E-state index contributed by atoms with van der Waals surface area (Å²) in [6, 6.07) is 5.45. The van der Waals surface area contributed by atoms with E-state index in [9.17, 15) is 8.42 Å². The van der Waals surface area contributed by atoms with Crippen molar-refractivity contribution in [3.8, 4) is 0 Å². The van der Waals surface area contributed by atoms with Crippen molar-refractivity contribution in [2.24, 2.45) is 0 Å². The SMILES string of the molecule is Cc1cc(Br)ccc1NS(=O)(=O)CC1CCCO1. The molecule has 1 unspecified atom stereocenters. The largest absolute Gasteiger partial charge is 0.377 e. The maximum atomic E-state index is 12.0. The summed E-state index contributed by atoms with van der Waals surface area (Å²) in [6.07, 6.45) is 1.59. The number of benzene rings is 1. The molecule has 4 nitrogen and oxygen atoms in total. The van der Waals surface area contributed by atoms with Crippen LogP contribution in [-0.2, 0) is 14.8 Å². The van der Waals surface area contributed by atoms with Crippen LogP contribution in [0.1, 0.15) is 18.4 Å². The molecule has 0 aliphatic carbocycles. The number of sulfonamides is 1. The maximum Gasteiger partial charge on any atom is 0.235 e. The molecule has 0 aromatic heterocycles. The average Bonchev–Trinajstić information content (AvgIpc) is 2.74. The summed E-state index contributed by atoms with van der Waals surface area (Å²) < 4.78 is 32.9. The molecule has 1 aromatic carbocycles. The lowest BCUT2D eigenvalue weighted by atomic mass is 10.2. The molecular formula is C12H16BrNO3S. The number of halogens is 1. The summed E-state index contributed by atoms with van der Waals surface area (Å²) in [7, 11) is -3.34. The van der Waals surface area contributed by atoms with Crippen LogP contribution in [0.25, 0.3) is 0 Å². The first-order valence-corrected chi connectivity index (χ1v) is 8.29. The highest BCUT2D eigenvalue weighted by Gasteiger charge is 2.23. The second kappa shape index (κ2) is 5.59. The molecule has 2 rings (SSSR count). The van der Waals surface area contributed by atoms with Crippen LogP contribution < -0.4 is 4.72 Å². The van der Waals surface area contributed by atoms with Crippen molar-refractivity contribution in [1.82, 2.24) is 0 Å². The van der Waals surface area contributed by atoms with Crippen molar-refractivity contribution in [2.75, 3.05) is 17.1 Å². The van der Waals surface area contributed by atoms with Gasteiger partial charge in [0.2, 0.25) is 10.0 Å². The van der Waals surface area contributed by atoms with Gasteiger partial charge in [0.25, 0.3) is 0 Å². The van der Waals surface area contributed by atoms with Crippen LogP contribution in [0.15, 0.2) is 22.7 Å². The Morgan fingerprint density at radius 2 is 2.28 bits per heavy atom. The molecule has 1 aliphatic rings. The Bertz CT molecular complexity index is 524. The molecule has 1 N–H and O–H groups in total. The fourth-order valence-electron chi connectivity index (χ4n) is 1.97. The number of aryl methyl sites for hydroxylation is 1. The quantitative estimate of drug-likeness (QED) is 0.921. The molecule has 100 valence electrons. The highest BCUT2D eigenvalue weighted by atomic mass is 79.9.